The lowest BCUT2D eigenvalue weighted by Crippen LogP contribution is -2.40. The van der Waals surface area contributed by atoms with Crippen LogP contribution in [0.5, 0.6) is 5.75 Å². The second-order valence-corrected chi connectivity index (χ2v) is 5.72. The van der Waals surface area contributed by atoms with Gasteiger partial charge in [0.1, 0.15) is 17.3 Å². The predicted molar refractivity (Wildman–Crippen MR) is 84.8 cm³/mol. The Morgan fingerprint density at radius 3 is 2.57 bits per heavy atom. The third-order valence-corrected chi connectivity index (χ3v) is 4.08. The van der Waals surface area contributed by atoms with Crippen molar-refractivity contribution < 1.29 is 13.9 Å². The maximum Gasteiger partial charge on any atom is 0.272 e. The Morgan fingerprint density at radius 1 is 1.17 bits per heavy atom. The van der Waals surface area contributed by atoms with Gasteiger partial charge in [-0.25, -0.2) is 9.37 Å². The average molecular weight is 314 g/mol. The summed E-state index contributed by atoms with van der Waals surface area (Å²) in [5, 5.41) is 0. The first-order chi connectivity index (χ1) is 11.2. The Bertz CT molecular complexity index is 638. The van der Waals surface area contributed by atoms with Gasteiger partial charge in [0.25, 0.3) is 5.91 Å². The molecule has 1 aromatic heterocycles. The van der Waals surface area contributed by atoms with Crippen molar-refractivity contribution in [1.82, 2.24) is 9.88 Å². The molecular formula is C18H19FN2O2. The monoisotopic (exact) mass is 314 g/mol. The number of carbonyl (C=O) groups is 1. The molecule has 1 aromatic carbocycles. The molecule has 23 heavy (non-hydrogen) atoms. The first-order valence-electron chi connectivity index (χ1n) is 7.81. The molecule has 3 rings (SSSR count). The number of pyridine rings is 1. The molecule has 0 atom stereocenters. The number of hydrogen-bond acceptors (Lipinski definition) is 3. The zero-order valence-electron chi connectivity index (χ0n) is 12.8. The van der Waals surface area contributed by atoms with Gasteiger partial charge in [0.15, 0.2) is 0 Å². The van der Waals surface area contributed by atoms with Gasteiger partial charge in [0.05, 0.1) is 12.8 Å². The molecule has 2 heterocycles. The van der Waals surface area contributed by atoms with Crippen molar-refractivity contribution in [2.24, 2.45) is 5.92 Å². The number of rotatable bonds is 4. The van der Waals surface area contributed by atoms with Crippen LogP contribution in [-0.4, -0.2) is 35.5 Å². The molecule has 0 saturated carbocycles. The number of aromatic nitrogens is 1. The smallest absolute Gasteiger partial charge is 0.272 e. The number of amides is 1. The molecule has 5 heteroatoms. The van der Waals surface area contributed by atoms with Gasteiger partial charge in [0.2, 0.25) is 0 Å². The van der Waals surface area contributed by atoms with Crippen LogP contribution < -0.4 is 4.74 Å². The lowest BCUT2D eigenvalue weighted by atomic mass is 9.97. The van der Waals surface area contributed by atoms with Crippen LogP contribution in [0.4, 0.5) is 4.39 Å². The number of carbonyl (C=O) groups excluding carboxylic acids is 1. The standard InChI is InChI=1S/C18H19FN2O2/c19-15-6-7-17(20-12-15)18(22)21-10-8-14(9-11-21)13-23-16-4-2-1-3-5-16/h1-7,12,14H,8-11,13H2. The van der Waals surface area contributed by atoms with Gasteiger partial charge in [-0.1, -0.05) is 18.2 Å². The summed E-state index contributed by atoms with van der Waals surface area (Å²) in [6.07, 6.45) is 2.88. The normalized spacial score (nSPS) is 15.4. The SMILES string of the molecule is O=C(c1ccc(F)cn1)N1CCC(COc2ccccc2)CC1. The molecule has 0 aliphatic carbocycles. The van der Waals surface area contributed by atoms with Crippen LogP contribution in [0, 0.1) is 11.7 Å². The highest BCUT2D eigenvalue weighted by atomic mass is 19.1. The van der Waals surface area contributed by atoms with Crippen LogP contribution in [0.25, 0.3) is 0 Å². The number of benzene rings is 1. The van der Waals surface area contributed by atoms with E-state index < -0.39 is 5.82 Å². The van der Waals surface area contributed by atoms with E-state index in [1.807, 2.05) is 30.3 Å². The van der Waals surface area contributed by atoms with E-state index >= 15 is 0 Å². The molecule has 0 unspecified atom stereocenters. The maximum absolute atomic E-state index is 12.9. The minimum atomic E-state index is -0.432. The van der Waals surface area contributed by atoms with Crippen molar-refractivity contribution >= 4 is 5.91 Å². The zero-order valence-corrected chi connectivity index (χ0v) is 12.8. The lowest BCUT2D eigenvalue weighted by Gasteiger charge is -2.31. The third-order valence-electron chi connectivity index (χ3n) is 4.08. The second kappa shape index (κ2) is 7.22. The number of ether oxygens (including phenoxy) is 1. The molecule has 0 N–H and O–H groups in total. The quantitative estimate of drug-likeness (QED) is 0.870. The van der Waals surface area contributed by atoms with Crippen molar-refractivity contribution in [3.63, 3.8) is 0 Å². The summed E-state index contributed by atoms with van der Waals surface area (Å²) in [6.45, 7) is 2.03. The van der Waals surface area contributed by atoms with E-state index in [-0.39, 0.29) is 5.91 Å². The summed E-state index contributed by atoms with van der Waals surface area (Å²) in [5.41, 5.74) is 0.297. The highest BCUT2D eigenvalue weighted by molar-refractivity contribution is 5.92. The first-order valence-corrected chi connectivity index (χ1v) is 7.81. The molecule has 0 bridgehead atoms. The summed E-state index contributed by atoms with van der Waals surface area (Å²) in [6, 6.07) is 12.4. The third kappa shape index (κ3) is 4.06. The van der Waals surface area contributed by atoms with Crippen molar-refractivity contribution in [2.45, 2.75) is 12.8 Å². The van der Waals surface area contributed by atoms with E-state index in [1.54, 1.807) is 4.90 Å². The Balaban J connectivity index is 1.48. The Labute approximate surface area is 134 Å². The van der Waals surface area contributed by atoms with E-state index in [2.05, 4.69) is 4.98 Å². The molecule has 0 radical (unpaired) electrons. The summed E-state index contributed by atoms with van der Waals surface area (Å²) in [7, 11) is 0. The molecule has 1 aliphatic rings. The van der Waals surface area contributed by atoms with Gasteiger partial charge in [-0.05, 0) is 43.0 Å². The second-order valence-electron chi connectivity index (χ2n) is 5.72. The van der Waals surface area contributed by atoms with Gasteiger partial charge in [-0.2, -0.15) is 0 Å². The van der Waals surface area contributed by atoms with Gasteiger partial charge < -0.3 is 9.64 Å². The van der Waals surface area contributed by atoms with Crippen LogP contribution in [0.2, 0.25) is 0 Å². The average Bonchev–Trinajstić information content (AvgIpc) is 2.61. The lowest BCUT2D eigenvalue weighted by molar-refractivity contribution is 0.0655. The molecule has 0 spiro atoms. The fourth-order valence-electron chi connectivity index (χ4n) is 2.70. The minimum Gasteiger partial charge on any atom is -0.493 e. The molecule has 1 amide bonds. The van der Waals surface area contributed by atoms with Crippen molar-refractivity contribution in [1.29, 1.82) is 0 Å². The topological polar surface area (TPSA) is 42.4 Å². The van der Waals surface area contributed by atoms with Gasteiger partial charge in [-0.3, -0.25) is 4.79 Å². The first kappa shape index (κ1) is 15.5. The largest absolute Gasteiger partial charge is 0.493 e. The maximum atomic E-state index is 12.9. The van der Waals surface area contributed by atoms with Crippen molar-refractivity contribution in [3.05, 3.63) is 60.2 Å². The van der Waals surface area contributed by atoms with E-state index in [0.717, 1.165) is 24.8 Å². The van der Waals surface area contributed by atoms with Crippen LogP contribution in [-0.2, 0) is 0 Å². The number of hydrogen-bond donors (Lipinski definition) is 0. The highest BCUT2D eigenvalue weighted by Gasteiger charge is 2.24. The van der Waals surface area contributed by atoms with E-state index in [1.165, 1.54) is 12.1 Å². The molecule has 2 aromatic rings. The Kier molecular flexibility index (Phi) is 4.86. The van der Waals surface area contributed by atoms with E-state index in [0.29, 0.717) is 31.3 Å². The fourth-order valence-corrected chi connectivity index (χ4v) is 2.70. The molecular weight excluding hydrogens is 295 g/mol. The summed E-state index contributed by atoms with van der Waals surface area (Å²) in [5.74, 6) is 0.757. The van der Waals surface area contributed by atoms with Gasteiger partial charge in [-0.15, -0.1) is 0 Å². The molecule has 4 nitrogen and oxygen atoms in total. The number of nitrogens with zero attached hydrogens (tertiary/aromatic N) is 2. The molecule has 1 aliphatic heterocycles. The summed E-state index contributed by atoms with van der Waals surface area (Å²) in [4.78, 5) is 17.9. The molecule has 120 valence electrons. The zero-order chi connectivity index (χ0) is 16.1. The fraction of sp³-hybridized carbons (Fsp3) is 0.333. The number of likely N-dealkylation sites (tertiary alicyclic amines) is 1. The predicted octanol–water partition coefficient (Wildman–Crippen LogP) is 3.15. The van der Waals surface area contributed by atoms with Gasteiger partial charge in [0, 0.05) is 13.1 Å². The van der Waals surface area contributed by atoms with Crippen LogP contribution in [0.1, 0.15) is 23.3 Å². The summed E-state index contributed by atoms with van der Waals surface area (Å²) >= 11 is 0. The van der Waals surface area contributed by atoms with E-state index in [9.17, 15) is 9.18 Å². The van der Waals surface area contributed by atoms with E-state index in [4.69, 9.17) is 4.74 Å². The highest BCUT2D eigenvalue weighted by Crippen LogP contribution is 2.20. The minimum absolute atomic E-state index is 0.132. The van der Waals surface area contributed by atoms with Crippen molar-refractivity contribution in [2.75, 3.05) is 19.7 Å². The number of para-hydroxylation sites is 1. The molecule has 1 saturated heterocycles. The summed E-state index contributed by atoms with van der Waals surface area (Å²) < 4.78 is 18.6. The van der Waals surface area contributed by atoms with Crippen LogP contribution in [0.15, 0.2) is 48.7 Å². The van der Waals surface area contributed by atoms with Crippen molar-refractivity contribution in [3.8, 4) is 5.75 Å². The Hall–Kier alpha value is -2.43. The van der Waals surface area contributed by atoms with Crippen LogP contribution in [0.3, 0.4) is 0 Å². The Morgan fingerprint density at radius 2 is 1.91 bits per heavy atom. The molecule has 1 fully saturated rings. The van der Waals surface area contributed by atoms with Crippen LogP contribution >= 0.6 is 0 Å². The number of halogens is 1. The number of piperidine rings is 1. The van der Waals surface area contributed by atoms with Gasteiger partial charge >= 0.3 is 0 Å².